The van der Waals surface area contributed by atoms with Gasteiger partial charge in [0.05, 0.1) is 8.66 Å². The first kappa shape index (κ1) is 11.7. The van der Waals surface area contributed by atoms with Crippen LogP contribution in [0.2, 0.25) is 0 Å². The molecule has 0 aliphatic carbocycles. The van der Waals surface area contributed by atoms with Crippen molar-refractivity contribution < 1.29 is 9.63 Å². The highest BCUT2D eigenvalue weighted by molar-refractivity contribution is 9.11. The van der Waals surface area contributed by atoms with Crippen LogP contribution in [0.3, 0.4) is 0 Å². The molecule has 0 saturated heterocycles. The molecule has 0 radical (unpaired) electrons. The molecule has 1 atom stereocenters. The standard InChI is InChI=1S/C9H10BrN3O2S/c10-7-2-1-6(16-7)8-12-9(15-13-8)5(14)3-4-11/h1-2,5,14H,3-4,11H2/t5-/m0/s1. The average molecular weight is 304 g/mol. The molecule has 2 rings (SSSR count). The lowest BCUT2D eigenvalue weighted by atomic mass is 10.2. The first-order chi connectivity index (χ1) is 7.70. The van der Waals surface area contributed by atoms with Crippen LogP contribution in [0.5, 0.6) is 0 Å². The Morgan fingerprint density at radius 2 is 2.38 bits per heavy atom. The van der Waals surface area contributed by atoms with E-state index in [2.05, 4.69) is 26.1 Å². The highest BCUT2D eigenvalue weighted by Crippen LogP contribution is 2.30. The maximum absolute atomic E-state index is 9.60. The van der Waals surface area contributed by atoms with Crippen LogP contribution < -0.4 is 5.73 Å². The second-order valence-electron chi connectivity index (χ2n) is 3.15. The fourth-order valence-electron chi connectivity index (χ4n) is 1.19. The Morgan fingerprint density at radius 3 is 3.00 bits per heavy atom. The summed E-state index contributed by atoms with van der Waals surface area (Å²) in [6.45, 7) is 0.378. The molecule has 7 heteroatoms. The third kappa shape index (κ3) is 2.49. The summed E-state index contributed by atoms with van der Waals surface area (Å²) in [5.74, 6) is 0.701. The van der Waals surface area contributed by atoms with Crippen LogP contribution in [-0.2, 0) is 0 Å². The molecule has 0 aliphatic rings. The van der Waals surface area contributed by atoms with Gasteiger partial charge in [-0.2, -0.15) is 4.98 Å². The summed E-state index contributed by atoms with van der Waals surface area (Å²) in [7, 11) is 0. The zero-order chi connectivity index (χ0) is 11.5. The van der Waals surface area contributed by atoms with Gasteiger partial charge in [-0.25, -0.2) is 0 Å². The summed E-state index contributed by atoms with van der Waals surface area (Å²) in [5, 5.41) is 13.4. The summed E-state index contributed by atoms with van der Waals surface area (Å²) < 4.78 is 5.96. The molecule has 0 fully saturated rings. The van der Waals surface area contributed by atoms with Gasteiger partial charge in [-0.1, -0.05) is 5.16 Å². The molecular formula is C9H10BrN3O2S. The summed E-state index contributed by atoms with van der Waals surface area (Å²) in [6, 6.07) is 3.80. The molecule has 0 aromatic carbocycles. The zero-order valence-corrected chi connectivity index (χ0v) is 10.7. The molecule has 3 N–H and O–H groups in total. The average Bonchev–Trinajstić information content (AvgIpc) is 2.85. The second kappa shape index (κ2) is 5.05. The number of halogens is 1. The number of nitrogens with two attached hydrogens (primary N) is 1. The third-order valence-electron chi connectivity index (χ3n) is 1.96. The van der Waals surface area contributed by atoms with E-state index in [9.17, 15) is 5.11 Å². The van der Waals surface area contributed by atoms with Crippen LogP contribution in [0, 0.1) is 0 Å². The molecule has 0 saturated carbocycles. The van der Waals surface area contributed by atoms with Gasteiger partial charge >= 0.3 is 0 Å². The minimum atomic E-state index is -0.783. The number of aromatic nitrogens is 2. The van der Waals surface area contributed by atoms with Crippen molar-refractivity contribution in [1.82, 2.24) is 10.1 Å². The fraction of sp³-hybridized carbons (Fsp3) is 0.333. The van der Waals surface area contributed by atoms with Crippen molar-refractivity contribution in [2.45, 2.75) is 12.5 Å². The number of nitrogens with zero attached hydrogens (tertiary/aromatic N) is 2. The Morgan fingerprint density at radius 1 is 1.56 bits per heavy atom. The van der Waals surface area contributed by atoms with Crippen molar-refractivity contribution in [1.29, 1.82) is 0 Å². The van der Waals surface area contributed by atoms with Gasteiger partial charge in [0.2, 0.25) is 5.82 Å². The lowest BCUT2D eigenvalue weighted by molar-refractivity contribution is 0.127. The molecule has 2 aromatic rings. The molecule has 0 bridgehead atoms. The predicted octanol–water partition coefficient (Wildman–Crippen LogP) is 1.94. The van der Waals surface area contributed by atoms with Crippen LogP contribution in [-0.4, -0.2) is 21.8 Å². The quantitative estimate of drug-likeness (QED) is 0.901. The van der Waals surface area contributed by atoms with E-state index in [1.165, 1.54) is 11.3 Å². The third-order valence-corrected chi connectivity index (χ3v) is 3.58. The van der Waals surface area contributed by atoms with E-state index in [4.69, 9.17) is 10.3 Å². The fourth-order valence-corrected chi connectivity index (χ4v) is 2.50. The minimum absolute atomic E-state index is 0.213. The highest BCUT2D eigenvalue weighted by Gasteiger charge is 2.16. The Labute approximate surface area is 104 Å². The van der Waals surface area contributed by atoms with Gasteiger partial charge in [0.25, 0.3) is 5.89 Å². The number of aliphatic hydroxyl groups is 1. The molecule has 0 unspecified atom stereocenters. The van der Waals surface area contributed by atoms with E-state index in [-0.39, 0.29) is 5.89 Å². The van der Waals surface area contributed by atoms with E-state index in [0.717, 1.165) is 8.66 Å². The van der Waals surface area contributed by atoms with Crippen LogP contribution >= 0.6 is 27.3 Å². The zero-order valence-electron chi connectivity index (χ0n) is 8.26. The Kier molecular flexibility index (Phi) is 3.70. The van der Waals surface area contributed by atoms with Crippen molar-refractivity contribution in [2.24, 2.45) is 5.73 Å². The molecule has 0 spiro atoms. The number of hydrogen-bond acceptors (Lipinski definition) is 6. The topological polar surface area (TPSA) is 85.2 Å². The first-order valence-corrected chi connectivity index (χ1v) is 6.29. The van der Waals surface area contributed by atoms with Gasteiger partial charge in [0.15, 0.2) is 0 Å². The van der Waals surface area contributed by atoms with Crippen molar-refractivity contribution in [3.63, 3.8) is 0 Å². The molecule has 86 valence electrons. The Hall–Kier alpha value is -0.760. The number of rotatable bonds is 4. The minimum Gasteiger partial charge on any atom is -0.383 e. The van der Waals surface area contributed by atoms with Crippen molar-refractivity contribution in [2.75, 3.05) is 6.54 Å². The smallest absolute Gasteiger partial charge is 0.255 e. The maximum atomic E-state index is 9.60. The lowest BCUT2D eigenvalue weighted by Crippen LogP contribution is -2.06. The van der Waals surface area contributed by atoms with Crippen LogP contribution in [0.15, 0.2) is 20.4 Å². The number of thiophene rings is 1. The monoisotopic (exact) mass is 303 g/mol. The summed E-state index contributed by atoms with van der Waals surface area (Å²) in [5.41, 5.74) is 5.33. The number of aliphatic hydroxyl groups excluding tert-OH is 1. The molecule has 0 amide bonds. The van der Waals surface area contributed by atoms with Crippen LogP contribution in [0.1, 0.15) is 18.4 Å². The van der Waals surface area contributed by atoms with Gasteiger partial charge in [-0.15, -0.1) is 11.3 Å². The van der Waals surface area contributed by atoms with Crippen molar-refractivity contribution >= 4 is 27.3 Å². The van der Waals surface area contributed by atoms with Gasteiger partial charge in [-0.05, 0) is 41.0 Å². The molecule has 5 nitrogen and oxygen atoms in total. The van der Waals surface area contributed by atoms with E-state index in [1.54, 1.807) is 0 Å². The van der Waals surface area contributed by atoms with Gasteiger partial charge in [-0.3, -0.25) is 0 Å². The SMILES string of the molecule is NCC[C@H](O)c1nc(-c2ccc(Br)s2)no1. The number of hydrogen-bond donors (Lipinski definition) is 2. The van der Waals surface area contributed by atoms with Gasteiger partial charge in [0, 0.05) is 0 Å². The summed E-state index contributed by atoms with van der Waals surface area (Å²) in [6.07, 6.45) is -0.370. The predicted molar refractivity (Wildman–Crippen MR) is 63.9 cm³/mol. The Bertz CT molecular complexity index is 471. The first-order valence-electron chi connectivity index (χ1n) is 4.68. The second-order valence-corrected chi connectivity index (χ2v) is 5.62. The lowest BCUT2D eigenvalue weighted by Gasteiger charge is -2.00. The summed E-state index contributed by atoms with van der Waals surface area (Å²) >= 11 is 4.86. The summed E-state index contributed by atoms with van der Waals surface area (Å²) in [4.78, 5) is 5.01. The van der Waals surface area contributed by atoms with E-state index >= 15 is 0 Å². The Balaban J connectivity index is 2.19. The van der Waals surface area contributed by atoms with Crippen LogP contribution in [0.25, 0.3) is 10.7 Å². The van der Waals surface area contributed by atoms with E-state index in [1.807, 2.05) is 12.1 Å². The molecular weight excluding hydrogens is 294 g/mol. The molecule has 0 aliphatic heterocycles. The normalized spacial score (nSPS) is 12.9. The largest absolute Gasteiger partial charge is 0.383 e. The molecule has 16 heavy (non-hydrogen) atoms. The van der Waals surface area contributed by atoms with Crippen LogP contribution in [0.4, 0.5) is 0 Å². The maximum Gasteiger partial charge on any atom is 0.255 e. The van der Waals surface area contributed by atoms with E-state index < -0.39 is 6.10 Å². The molecule has 2 aromatic heterocycles. The van der Waals surface area contributed by atoms with Crippen molar-refractivity contribution in [3.05, 3.63) is 21.8 Å². The highest BCUT2D eigenvalue weighted by atomic mass is 79.9. The van der Waals surface area contributed by atoms with Crippen molar-refractivity contribution in [3.8, 4) is 10.7 Å². The van der Waals surface area contributed by atoms with Gasteiger partial charge < -0.3 is 15.4 Å². The molecule has 2 heterocycles. The van der Waals surface area contributed by atoms with E-state index in [0.29, 0.717) is 18.8 Å². The van der Waals surface area contributed by atoms with Gasteiger partial charge in [0.1, 0.15) is 6.10 Å².